The fourth-order valence-electron chi connectivity index (χ4n) is 3.06. The minimum Gasteiger partial charge on any atom is -0.395 e. The number of likely N-dealkylation sites (N-methyl/N-ethyl adjacent to an activating group) is 1. The van der Waals surface area contributed by atoms with Crippen LogP contribution in [0.2, 0.25) is 0 Å². The number of rotatable bonds is 6. The number of carbonyl (C=O) groups excluding carboxylic acids is 1. The van der Waals surface area contributed by atoms with Gasteiger partial charge >= 0.3 is 0 Å². The van der Waals surface area contributed by atoms with Crippen molar-refractivity contribution in [1.29, 1.82) is 0 Å². The Morgan fingerprint density at radius 3 is 2.62 bits per heavy atom. The number of nitrogens with one attached hydrogen (secondary N) is 1. The van der Waals surface area contributed by atoms with Crippen molar-refractivity contribution in [2.24, 2.45) is 0 Å². The number of hydrogen-bond acceptors (Lipinski definition) is 7. The third-order valence-corrected chi connectivity index (χ3v) is 4.38. The van der Waals surface area contributed by atoms with Crippen LogP contribution in [0.4, 0.5) is 4.39 Å². The van der Waals surface area contributed by atoms with Crippen LogP contribution in [0.3, 0.4) is 0 Å². The Labute approximate surface area is 150 Å². The molecule has 2 heterocycles. The summed E-state index contributed by atoms with van der Waals surface area (Å²) in [6.45, 7) is 1.64. The maximum Gasteiger partial charge on any atom is 0.240 e. The molecule has 1 aliphatic rings. The zero-order valence-electron chi connectivity index (χ0n) is 14.4. The molecule has 0 aliphatic carbocycles. The van der Waals surface area contributed by atoms with E-state index in [1.54, 1.807) is 19.1 Å². The minimum atomic E-state index is -1.55. The van der Waals surface area contributed by atoms with Crippen molar-refractivity contribution in [1.82, 2.24) is 15.2 Å². The minimum absolute atomic E-state index is 0.102. The van der Waals surface area contributed by atoms with E-state index in [-0.39, 0.29) is 6.54 Å². The Morgan fingerprint density at radius 2 is 2.04 bits per heavy atom. The molecule has 1 aromatic heterocycles. The number of aliphatic hydroxyl groups excluding tert-OH is 4. The average molecular weight is 369 g/mol. The smallest absolute Gasteiger partial charge is 0.240 e. The van der Waals surface area contributed by atoms with E-state index in [1.807, 2.05) is 0 Å². The third kappa shape index (κ3) is 4.43. The van der Waals surface area contributed by atoms with Gasteiger partial charge in [-0.2, -0.15) is 4.39 Å². The predicted molar refractivity (Wildman–Crippen MR) is 91.3 cm³/mol. The number of aromatic nitrogens is 1. The second-order valence-electron chi connectivity index (χ2n) is 6.07. The van der Waals surface area contributed by atoms with Crippen LogP contribution < -0.4 is 5.32 Å². The predicted octanol–water partition coefficient (Wildman–Crippen LogP) is -1.50. The molecule has 1 fully saturated rings. The number of hydrogen-bond donors (Lipinski definition) is 5. The molecule has 0 aromatic carbocycles. The summed E-state index contributed by atoms with van der Waals surface area (Å²) in [6, 6.07) is 0.657. The summed E-state index contributed by atoms with van der Waals surface area (Å²) < 4.78 is 12.8. The first-order chi connectivity index (χ1) is 12.4. The Bertz CT molecular complexity index is 627. The fourth-order valence-corrected chi connectivity index (χ4v) is 3.06. The Hall–Kier alpha value is -1.91. The van der Waals surface area contributed by atoms with Crippen LogP contribution in [0, 0.1) is 5.95 Å². The van der Waals surface area contributed by atoms with Gasteiger partial charge in [-0.1, -0.05) is 12.2 Å². The monoisotopic (exact) mass is 369 g/mol. The second-order valence-corrected chi connectivity index (χ2v) is 6.07. The zero-order chi connectivity index (χ0) is 19.3. The standard InChI is InChI=1S/C17H24FN3O5/c1-2-19-17(26)13-15(24)16(25)14(23)11(9-22)21(13)7-3-4-10-5-6-12(18)20-8-10/h3-6,8,11,13-16,22-25H,2,7,9H2,1H3,(H,19,26). The summed E-state index contributed by atoms with van der Waals surface area (Å²) in [6.07, 6.45) is 0.129. The molecule has 0 bridgehead atoms. The highest BCUT2D eigenvalue weighted by atomic mass is 19.1. The molecule has 5 N–H and O–H groups in total. The fraction of sp³-hybridized carbons (Fsp3) is 0.529. The van der Waals surface area contributed by atoms with Gasteiger partial charge in [0.05, 0.1) is 12.6 Å². The quantitative estimate of drug-likeness (QED) is 0.386. The van der Waals surface area contributed by atoms with Gasteiger partial charge in [-0.25, -0.2) is 4.98 Å². The summed E-state index contributed by atoms with van der Waals surface area (Å²) >= 11 is 0. The Kier molecular flexibility index (Phi) is 7.18. The molecule has 0 radical (unpaired) electrons. The van der Waals surface area contributed by atoms with Crippen molar-refractivity contribution in [2.75, 3.05) is 19.7 Å². The summed E-state index contributed by atoms with van der Waals surface area (Å²) in [4.78, 5) is 17.3. The lowest BCUT2D eigenvalue weighted by molar-refractivity contribution is -0.176. The van der Waals surface area contributed by atoms with E-state index in [4.69, 9.17) is 0 Å². The number of piperidine rings is 1. The van der Waals surface area contributed by atoms with Gasteiger partial charge < -0.3 is 25.7 Å². The molecular weight excluding hydrogens is 345 g/mol. The Morgan fingerprint density at radius 1 is 1.31 bits per heavy atom. The second kappa shape index (κ2) is 9.15. The molecule has 26 heavy (non-hydrogen) atoms. The van der Waals surface area contributed by atoms with Crippen LogP contribution in [-0.4, -0.2) is 86.3 Å². The average Bonchev–Trinajstić information content (AvgIpc) is 2.62. The van der Waals surface area contributed by atoms with Crippen LogP contribution in [0.1, 0.15) is 12.5 Å². The molecular formula is C17H24FN3O5. The van der Waals surface area contributed by atoms with Crippen molar-refractivity contribution in [3.8, 4) is 0 Å². The number of aliphatic hydroxyl groups is 4. The van der Waals surface area contributed by atoms with E-state index in [2.05, 4.69) is 10.3 Å². The molecule has 1 aliphatic heterocycles. The van der Waals surface area contributed by atoms with Crippen molar-refractivity contribution < 1.29 is 29.6 Å². The van der Waals surface area contributed by atoms with E-state index in [1.165, 1.54) is 23.2 Å². The molecule has 0 saturated carbocycles. The third-order valence-electron chi connectivity index (χ3n) is 4.38. The number of likely N-dealkylation sites (tertiary alicyclic amines) is 1. The van der Waals surface area contributed by atoms with E-state index in [9.17, 15) is 29.6 Å². The SMILES string of the molecule is CCNC(=O)C1C(O)C(O)C(O)C(CO)N1CC=Cc1ccc(F)nc1. The summed E-state index contributed by atoms with van der Waals surface area (Å²) in [5, 5.41) is 42.6. The first-order valence-electron chi connectivity index (χ1n) is 8.37. The van der Waals surface area contributed by atoms with E-state index in [0.717, 1.165) is 0 Å². The number of amides is 1. The van der Waals surface area contributed by atoms with E-state index in [0.29, 0.717) is 12.1 Å². The zero-order valence-corrected chi connectivity index (χ0v) is 14.4. The molecule has 9 heteroatoms. The highest BCUT2D eigenvalue weighted by Crippen LogP contribution is 2.25. The first kappa shape index (κ1) is 20.4. The number of pyridine rings is 1. The van der Waals surface area contributed by atoms with Crippen LogP contribution in [-0.2, 0) is 4.79 Å². The van der Waals surface area contributed by atoms with Crippen molar-refractivity contribution in [3.63, 3.8) is 0 Å². The molecule has 144 valence electrons. The van der Waals surface area contributed by atoms with Crippen LogP contribution >= 0.6 is 0 Å². The van der Waals surface area contributed by atoms with Crippen molar-refractivity contribution >= 4 is 12.0 Å². The lowest BCUT2D eigenvalue weighted by atomic mass is 9.87. The largest absolute Gasteiger partial charge is 0.395 e. The topological polar surface area (TPSA) is 126 Å². The highest BCUT2D eigenvalue weighted by molar-refractivity contribution is 5.82. The van der Waals surface area contributed by atoms with Crippen LogP contribution in [0.5, 0.6) is 0 Å². The van der Waals surface area contributed by atoms with Crippen LogP contribution in [0.25, 0.3) is 6.08 Å². The highest BCUT2D eigenvalue weighted by Gasteiger charge is 2.49. The molecule has 1 aromatic rings. The lowest BCUT2D eigenvalue weighted by Gasteiger charge is -2.47. The van der Waals surface area contributed by atoms with Gasteiger partial charge in [-0.3, -0.25) is 9.69 Å². The summed E-state index contributed by atoms with van der Waals surface area (Å²) in [5.41, 5.74) is 0.625. The van der Waals surface area contributed by atoms with Crippen molar-refractivity contribution in [2.45, 2.75) is 37.3 Å². The Balaban J connectivity index is 2.22. The lowest BCUT2D eigenvalue weighted by Crippen LogP contribution is -2.70. The van der Waals surface area contributed by atoms with Gasteiger partial charge in [-0.15, -0.1) is 0 Å². The maximum atomic E-state index is 12.8. The molecule has 2 rings (SSSR count). The molecule has 5 unspecified atom stereocenters. The van der Waals surface area contributed by atoms with Crippen molar-refractivity contribution in [3.05, 3.63) is 35.9 Å². The molecule has 8 nitrogen and oxygen atoms in total. The van der Waals surface area contributed by atoms with Gasteiger partial charge in [-0.05, 0) is 24.6 Å². The van der Waals surface area contributed by atoms with Gasteiger partial charge in [0.15, 0.2) is 0 Å². The summed E-state index contributed by atoms with van der Waals surface area (Å²) in [5.74, 6) is -1.11. The summed E-state index contributed by atoms with van der Waals surface area (Å²) in [7, 11) is 0. The van der Waals surface area contributed by atoms with Gasteiger partial charge in [0, 0.05) is 19.3 Å². The normalized spacial score (nSPS) is 29.8. The van der Waals surface area contributed by atoms with Crippen LogP contribution in [0.15, 0.2) is 24.4 Å². The first-order valence-corrected chi connectivity index (χ1v) is 8.37. The van der Waals surface area contributed by atoms with Gasteiger partial charge in [0.1, 0.15) is 24.4 Å². The van der Waals surface area contributed by atoms with Gasteiger partial charge in [0.2, 0.25) is 11.9 Å². The molecule has 0 spiro atoms. The number of carbonyl (C=O) groups is 1. The maximum absolute atomic E-state index is 12.8. The molecule has 1 saturated heterocycles. The number of halogens is 1. The van der Waals surface area contributed by atoms with E-state index >= 15 is 0 Å². The number of nitrogens with zero attached hydrogens (tertiary/aromatic N) is 2. The molecule has 5 atom stereocenters. The van der Waals surface area contributed by atoms with Gasteiger partial charge in [0.25, 0.3) is 0 Å². The van der Waals surface area contributed by atoms with E-state index < -0.39 is 48.9 Å². The molecule has 1 amide bonds.